The minimum absolute atomic E-state index is 0.0192. The molecule has 7 heteroatoms. The van der Waals surface area contributed by atoms with Crippen molar-refractivity contribution in [1.82, 2.24) is 4.90 Å². The Bertz CT molecular complexity index is 1230. The summed E-state index contributed by atoms with van der Waals surface area (Å²) in [5, 5.41) is 0. The van der Waals surface area contributed by atoms with Gasteiger partial charge in [-0.15, -0.1) is 0 Å². The Kier molecular flexibility index (Phi) is 6.31. The van der Waals surface area contributed by atoms with Gasteiger partial charge in [0.1, 0.15) is 11.5 Å². The molecular weight excluding hydrogens is 442 g/mol. The van der Waals surface area contributed by atoms with Gasteiger partial charge in [0.2, 0.25) is 0 Å². The van der Waals surface area contributed by atoms with Crippen molar-refractivity contribution in [1.29, 1.82) is 0 Å². The van der Waals surface area contributed by atoms with Crippen molar-refractivity contribution in [2.45, 2.75) is 13.5 Å². The third kappa shape index (κ3) is 4.80. The first-order valence-corrected chi connectivity index (χ1v) is 11.8. The molecule has 180 valence electrons. The number of fused-ring (bicyclic) bond motifs is 1. The molecular formula is C28H29N3O4. The molecule has 0 N–H and O–H groups in total. The fraction of sp³-hybridized carbons (Fsp3) is 0.286. The van der Waals surface area contributed by atoms with E-state index in [1.165, 1.54) is 0 Å². The van der Waals surface area contributed by atoms with E-state index in [1.807, 2.05) is 78.6 Å². The van der Waals surface area contributed by atoms with Gasteiger partial charge in [-0.1, -0.05) is 18.2 Å². The van der Waals surface area contributed by atoms with Crippen molar-refractivity contribution in [3.05, 3.63) is 83.4 Å². The van der Waals surface area contributed by atoms with Crippen LogP contribution in [0.25, 0.3) is 0 Å². The lowest BCUT2D eigenvalue weighted by atomic mass is 10.1. The molecule has 7 nitrogen and oxygen atoms in total. The molecule has 0 aromatic heterocycles. The number of methoxy groups -OCH3 is 1. The minimum atomic E-state index is -0.0884. The van der Waals surface area contributed by atoms with Crippen LogP contribution in [-0.4, -0.2) is 56.6 Å². The summed E-state index contributed by atoms with van der Waals surface area (Å²) in [5.74, 6) is 1.47. The van der Waals surface area contributed by atoms with Crippen LogP contribution < -0.4 is 19.3 Å². The van der Waals surface area contributed by atoms with Crippen LogP contribution in [0.4, 0.5) is 11.4 Å². The Balaban J connectivity index is 1.26. The van der Waals surface area contributed by atoms with E-state index in [4.69, 9.17) is 9.47 Å². The number of anilines is 2. The number of hydrogen-bond donors (Lipinski definition) is 0. The first-order chi connectivity index (χ1) is 17.0. The van der Waals surface area contributed by atoms with Crippen molar-refractivity contribution in [3.8, 4) is 11.5 Å². The minimum Gasteiger partial charge on any atom is -0.497 e. The van der Waals surface area contributed by atoms with E-state index in [9.17, 15) is 9.59 Å². The van der Waals surface area contributed by atoms with Crippen molar-refractivity contribution in [2.24, 2.45) is 0 Å². The molecule has 2 aliphatic rings. The highest BCUT2D eigenvalue weighted by Gasteiger charge is 2.27. The molecule has 1 fully saturated rings. The Morgan fingerprint density at radius 1 is 0.971 bits per heavy atom. The largest absolute Gasteiger partial charge is 0.497 e. The van der Waals surface area contributed by atoms with Crippen LogP contribution in [0, 0.1) is 6.92 Å². The van der Waals surface area contributed by atoms with Crippen LogP contribution in [0.15, 0.2) is 66.7 Å². The molecule has 2 aliphatic heterocycles. The second-order valence-corrected chi connectivity index (χ2v) is 8.92. The Morgan fingerprint density at radius 2 is 1.74 bits per heavy atom. The molecule has 0 radical (unpaired) electrons. The summed E-state index contributed by atoms with van der Waals surface area (Å²) < 4.78 is 10.8. The van der Waals surface area contributed by atoms with E-state index >= 15 is 0 Å². The topological polar surface area (TPSA) is 62.3 Å². The van der Waals surface area contributed by atoms with E-state index in [0.717, 1.165) is 41.3 Å². The third-order valence-electron chi connectivity index (χ3n) is 6.58. The van der Waals surface area contributed by atoms with Crippen LogP contribution in [0.5, 0.6) is 11.5 Å². The molecule has 35 heavy (non-hydrogen) atoms. The third-order valence-corrected chi connectivity index (χ3v) is 6.58. The summed E-state index contributed by atoms with van der Waals surface area (Å²) in [6.07, 6.45) is 0. The van der Waals surface area contributed by atoms with Gasteiger partial charge in [-0.2, -0.15) is 0 Å². The van der Waals surface area contributed by atoms with Gasteiger partial charge in [-0.25, -0.2) is 0 Å². The number of carbonyl (C=O) groups is 2. The van der Waals surface area contributed by atoms with Crippen molar-refractivity contribution >= 4 is 23.2 Å². The van der Waals surface area contributed by atoms with Gasteiger partial charge in [0.15, 0.2) is 6.61 Å². The van der Waals surface area contributed by atoms with Crippen LogP contribution >= 0.6 is 0 Å². The Hall–Kier alpha value is -4.00. The highest BCUT2D eigenvalue weighted by atomic mass is 16.5. The molecule has 0 spiro atoms. The lowest BCUT2D eigenvalue weighted by Crippen LogP contribution is -2.48. The molecule has 0 unspecified atom stereocenters. The van der Waals surface area contributed by atoms with E-state index in [2.05, 4.69) is 4.90 Å². The van der Waals surface area contributed by atoms with Gasteiger partial charge in [0, 0.05) is 37.4 Å². The van der Waals surface area contributed by atoms with E-state index in [-0.39, 0.29) is 18.4 Å². The summed E-state index contributed by atoms with van der Waals surface area (Å²) in [4.78, 5) is 31.8. The Morgan fingerprint density at radius 3 is 2.49 bits per heavy atom. The number of amides is 2. The van der Waals surface area contributed by atoms with Crippen LogP contribution in [0.2, 0.25) is 0 Å². The molecule has 0 aliphatic carbocycles. The van der Waals surface area contributed by atoms with Crippen molar-refractivity contribution in [2.75, 3.05) is 49.7 Å². The summed E-state index contributed by atoms with van der Waals surface area (Å²) in [6, 6.07) is 21.4. The maximum Gasteiger partial charge on any atom is 0.265 e. The fourth-order valence-electron chi connectivity index (χ4n) is 4.61. The number of benzene rings is 3. The summed E-state index contributed by atoms with van der Waals surface area (Å²) in [5.41, 5.74) is 4.52. The van der Waals surface area contributed by atoms with Crippen LogP contribution in [0.3, 0.4) is 0 Å². The number of aryl methyl sites for hydroxylation is 1. The number of ether oxygens (including phenoxy) is 2. The number of carbonyl (C=O) groups excluding carboxylic acids is 2. The lowest BCUT2D eigenvalue weighted by molar-refractivity contribution is -0.121. The number of hydrogen-bond acceptors (Lipinski definition) is 5. The second-order valence-electron chi connectivity index (χ2n) is 8.92. The highest BCUT2D eigenvalue weighted by molar-refractivity contribution is 5.98. The van der Waals surface area contributed by atoms with Gasteiger partial charge in [0.05, 0.1) is 19.3 Å². The van der Waals surface area contributed by atoms with E-state index in [1.54, 1.807) is 12.0 Å². The average molecular weight is 472 g/mol. The first kappa shape index (κ1) is 22.8. The molecule has 2 amide bonds. The van der Waals surface area contributed by atoms with Gasteiger partial charge in [-0.3, -0.25) is 9.59 Å². The average Bonchev–Trinajstić information content (AvgIpc) is 2.90. The van der Waals surface area contributed by atoms with E-state index < -0.39 is 0 Å². The van der Waals surface area contributed by atoms with Gasteiger partial charge < -0.3 is 24.2 Å². The van der Waals surface area contributed by atoms with Crippen molar-refractivity contribution in [3.63, 3.8) is 0 Å². The number of nitrogens with zero attached hydrogens (tertiary/aromatic N) is 3. The zero-order chi connectivity index (χ0) is 24.4. The predicted molar refractivity (Wildman–Crippen MR) is 135 cm³/mol. The normalized spacial score (nSPS) is 15.5. The zero-order valence-electron chi connectivity index (χ0n) is 20.1. The van der Waals surface area contributed by atoms with Gasteiger partial charge in [-0.05, 0) is 66.6 Å². The summed E-state index contributed by atoms with van der Waals surface area (Å²) >= 11 is 0. The second kappa shape index (κ2) is 9.70. The molecule has 2 heterocycles. The molecule has 1 saturated heterocycles. The Labute approximate surface area is 205 Å². The highest BCUT2D eigenvalue weighted by Crippen LogP contribution is 2.34. The standard InChI is InChI=1S/C28H29N3O4/c1-20-6-11-26-25(16-20)31(27(32)19-35-26)18-21-4-3-5-22(17-21)28(33)30-14-12-29(13-15-30)23-7-9-24(34-2)10-8-23/h3-11,16-17H,12-15,18-19H2,1-2H3. The first-order valence-electron chi connectivity index (χ1n) is 11.8. The van der Waals surface area contributed by atoms with Gasteiger partial charge in [0.25, 0.3) is 11.8 Å². The van der Waals surface area contributed by atoms with Crippen LogP contribution in [0.1, 0.15) is 21.5 Å². The maximum atomic E-state index is 13.3. The zero-order valence-corrected chi connectivity index (χ0v) is 20.1. The number of rotatable bonds is 5. The maximum absolute atomic E-state index is 13.3. The van der Waals surface area contributed by atoms with Crippen LogP contribution in [-0.2, 0) is 11.3 Å². The molecule has 3 aromatic rings. The smallest absolute Gasteiger partial charge is 0.265 e. The molecule has 0 atom stereocenters. The molecule has 0 saturated carbocycles. The predicted octanol–water partition coefficient (Wildman–Crippen LogP) is 3.89. The number of piperazine rings is 1. The summed E-state index contributed by atoms with van der Waals surface area (Å²) in [7, 11) is 1.66. The van der Waals surface area contributed by atoms with E-state index in [0.29, 0.717) is 30.9 Å². The monoisotopic (exact) mass is 471 g/mol. The molecule has 0 bridgehead atoms. The quantitative estimate of drug-likeness (QED) is 0.565. The summed E-state index contributed by atoms with van der Waals surface area (Å²) in [6.45, 7) is 5.27. The molecule has 3 aromatic carbocycles. The van der Waals surface area contributed by atoms with Crippen molar-refractivity contribution < 1.29 is 19.1 Å². The lowest BCUT2D eigenvalue weighted by Gasteiger charge is -2.36. The SMILES string of the molecule is COc1ccc(N2CCN(C(=O)c3cccc(CN4C(=O)COc5ccc(C)cc54)c3)CC2)cc1. The van der Waals surface area contributed by atoms with Gasteiger partial charge >= 0.3 is 0 Å². The fourth-order valence-corrected chi connectivity index (χ4v) is 4.61. The molecule has 5 rings (SSSR count).